The van der Waals surface area contributed by atoms with Crippen molar-refractivity contribution in [3.05, 3.63) is 46.8 Å². The van der Waals surface area contributed by atoms with Crippen molar-refractivity contribution in [2.75, 3.05) is 0 Å². The van der Waals surface area contributed by atoms with E-state index in [1.165, 1.54) is 6.07 Å². The molecule has 0 unspecified atom stereocenters. The fourth-order valence-corrected chi connectivity index (χ4v) is 2.32. The van der Waals surface area contributed by atoms with Gasteiger partial charge in [0.25, 0.3) is 0 Å². The third-order valence-corrected chi connectivity index (χ3v) is 3.25. The average Bonchev–Trinajstić information content (AvgIpc) is 2.56. The normalized spacial score (nSPS) is 24.7. The third-order valence-electron chi connectivity index (χ3n) is 3.25. The first-order valence-electron chi connectivity index (χ1n) is 5.26. The lowest BCUT2D eigenvalue weighted by molar-refractivity contribution is 0.424. The molecule has 16 heavy (non-hydrogen) atoms. The Labute approximate surface area is 92.8 Å². The van der Waals surface area contributed by atoms with Crippen molar-refractivity contribution in [1.29, 1.82) is 0 Å². The van der Waals surface area contributed by atoms with Gasteiger partial charge in [-0.15, -0.1) is 0 Å². The number of rotatable bonds is 1. The molecule has 1 aromatic rings. The highest BCUT2D eigenvalue weighted by Crippen LogP contribution is 2.40. The van der Waals surface area contributed by atoms with Gasteiger partial charge in [0.05, 0.1) is 0 Å². The van der Waals surface area contributed by atoms with Crippen molar-refractivity contribution < 1.29 is 13.2 Å². The summed E-state index contributed by atoms with van der Waals surface area (Å²) in [6.45, 7) is 3.81. The summed E-state index contributed by atoms with van der Waals surface area (Å²) in [7, 11) is 0. The summed E-state index contributed by atoms with van der Waals surface area (Å²) in [6, 6.07) is 2.32. The van der Waals surface area contributed by atoms with Crippen LogP contribution >= 0.6 is 0 Å². The Morgan fingerprint density at radius 1 is 1.12 bits per heavy atom. The van der Waals surface area contributed by atoms with Gasteiger partial charge in [-0.3, -0.25) is 0 Å². The number of halogens is 3. The highest BCUT2D eigenvalue weighted by Gasteiger charge is 2.32. The molecule has 1 atom stereocenters. The van der Waals surface area contributed by atoms with E-state index in [2.05, 4.69) is 0 Å². The zero-order chi connectivity index (χ0) is 11.9. The molecule has 2 rings (SSSR count). The smallest absolute Gasteiger partial charge is 0.194 e. The summed E-state index contributed by atoms with van der Waals surface area (Å²) >= 11 is 0. The highest BCUT2D eigenvalue weighted by molar-refractivity contribution is 5.36. The van der Waals surface area contributed by atoms with Gasteiger partial charge in [-0.1, -0.05) is 24.6 Å². The molecule has 0 spiro atoms. The molecule has 0 N–H and O–H groups in total. The van der Waals surface area contributed by atoms with Gasteiger partial charge < -0.3 is 0 Å². The molecule has 86 valence electrons. The molecule has 0 heterocycles. The van der Waals surface area contributed by atoms with Gasteiger partial charge in [-0.05, 0) is 25.8 Å². The second kappa shape index (κ2) is 3.65. The maximum atomic E-state index is 13.6. The zero-order valence-corrected chi connectivity index (χ0v) is 9.28. The molecule has 1 aliphatic carbocycles. The molecule has 1 aliphatic rings. The summed E-state index contributed by atoms with van der Waals surface area (Å²) in [6.07, 6.45) is 3.54. The first-order valence-corrected chi connectivity index (χ1v) is 5.26. The zero-order valence-electron chi connectivity index (χ0n) is 9.28. The van der Waals surface area contributed by atoms with E-state index in [0.29, 0.717) is 0 Å². The molecule has 1 aromatic carbocycles. The molecule has 0 amide bonds. The van der Waals surface area contributed by atoms with E-state index in [0.717, 1.165) is 24.5 Å². The number of hydrogen-bond donors (Lipinski definition) is 0. The first-order chi connectivity index (χ1) is 7.44. The van der Waals surface area contributed by atoms with Crippen LogP contribution in [0.3, 0.4) is 0 Å². The van der Waals surface area contributed by atoms with Crippen molar-refractivity contribution >= 4 is 0 Å². The quantitative estimate of drug-likeness (QED) is 0.499. The Morgan fingerprint density at radius 2 is 1.81 bits per heavy atom. The Balaban J connectivity index is 2.54. The molecule has 0 saturated heterocycles. The van der Waals surface area contributed by atoms with E-state index in [-0.39, 0.29) is 5.56 Å². The fraction of sp³-hybridized carbons (Fsp3) is 0.385. The number of benzene rings is 1. The SMILES string of the molecule is CC1=C[C@](C)(c2ccc(F)c(F)c2F)CC1. The number of allylic oxidation sites excluding steroid dienone is 2. The van der Waals surface area contributed by atoms with Crippen LogP contribution in [-0.4, -0.2) is 0 Å². The van der Waals surface area contributed by atoms with E-state index in [1.807, 2.05) is 19.9 Å². The van der Waals surface area contributed by atoms with Gasteiger partial charge in [0, 0.05) is 11.0 Å². The molecule has 3 heteroatoms. The molecule has 0 aliphatic heterocycles. The van der Waals surface area contributed by atoms with E-state index in [1.54, 1.807) is 0 Å². The summed E-state index contributed by atoms with van der Waals surface area (Å²) < 4.78 is 39.6. The van der Waals surface area contributed by atoms with Crippen LogP contribution in [0.2, 0.25) is 0 Å². The van der Waals surface area contributed by atoms with Crippen molar-refractivity contribution in [2.45, 2.75) is 32.1 Å². The minimum absolute atomic E-state index is 0.239. The van der Waals surface area contributed by atoms with Crippen LogP contribution in [0.1, 0.15) is 32.3 Å². The first kappa shape index (κ1) is 11.2. The van der Waals surface area contributed by atoms with Crippen LogP contribution in [0.5, 0.6) is 0 Å². The molecule has 0 radical (unpaired) electrons. The molecule has 0 saturated carbocycles. The topological polar surface area (TPSA) is 0 Å². The summed E-state index contributed by atoms with van der Waals surface area (Å²) in [5.41, 5.74) is 0.887. The van der Waals surface area contributed by atoms with Crippen LogP contribution < -0.4 is 0 Å². The van der Waals surface area contributed by atoms with Gasteiger partial charge in [0.15, 0.2) is 17.5 Å². The lowest BCUT2D eigenvalue weighted by Gasteiger charge is -2.23. The molecule has 0 fully saturated rings. The third kappa shape index (κ3) is 1.64. The Hall–Kier alpha value is -1.25. The van der Waals surface area contributed by atoms with E-state index in [9.17, 15) is 13.2 Å². The Morgan fingerprint density at radius 3 is 2.38 bits per heavy atom. The molecule has 0 nitrogen and oxygen atoms in total. The predicted octanol–water partition coefficient (Wildman–Crippen LogP) is 4.10. The maximum absolute atomic E-state index is 13.6. The van der Waals surface area contributed by atoms with Crippen molar-refractivity contribution in [1.82, 2.24) is 0 Å². The second-order valence-corrected chi connectivity index (χ2v) is 4.63. The maximum Gasteiger partial charge on any atom is 0.194 e. The van der Waals surface area contributed by atoms with Crippen molar-refractivity contribution in [2.24, 2.45) is 0 Å². The van der Waals surface area contributed by atoms with Crippen LogP contribution in [-0.2, 0) is 5.41 Å². The monoisotopic (exact) mass is 226 g/mol. The van der Waals surface area contributed by atoms with Gasteiger partial charge in [0.2, 0.25) is 0 Å². The largest absolute Gasteiger partial charge is 0.204 e. The Kier molecular flexibility index (Phi) is 2.56. The van der Waals surface area contributed by atoms with E-state index >= 15 is 0 Å². The highest BCUT2D eigenvalue weighted by atomic mass is 19.2. The summed E-state index contributed by atoms with van der Waals surface area (Å²) in [4.78, 5) is 0. The van der Waals surface area contributed by atoms with Gasteiger partial charge in [-0.2, -0.15) is 0 Å². The average molecular weight is 226 g/mol. The van der Waals surface area contributed by atoms with Crippen molar-refractivity contribution in [3.8, 4) is 0 Å². The van der Waals surface area contributed by atoms with Gasteiger partial charge in [-0.25, -0.2) is 13.2 Å². The van der Waals surface area contributed by atoms with Gasteiger partial charge in [0.1, 0.15) is 0 Å². The second-order valence-electron chi connectivity index (χ2n) is 4.63. The van der Waals surface area contributed by atoms with Gasteiger partial charge >= 0.3 is 0 Å². The Bertz CT molecular complexity index is 462. The lowest BCUT2D eigenvalue weighted by Crippen LogP contribution is -2.18. The summed E-state index contributed by atoms with van der Waals surface area (Å²) in [5, 5.41) is 0. The van der Waals surface area contributed by atoms with E-state index < -0.39 is 22.9 Å². The summed E-state index contributed by atoms with van der Waals surface area (Å²) in [5.74, 6) is -3.58. The van der Waals surface area contributed by atoms with Crippen LogP contribution in [0.25, 0.3) is 0 Å². The fourth-order valence-electron chi connectivity index (χ4n) is 2.32. The van der Waals surface area contributed by atoms with Crippen LogP contribution in [0.4, 0.5) is 13.2 Å². The standard InChI is InChI=1S/C13H13F3/c1-8-5-6-13(2,7-8)9-3-4-10(14)12(16)11(9)15/h3-4,7H,5-6H2,1-2H3/t13-/m1/s1. The minimum atomic E-state index is -1.38. The lowest BCUT2D eigenvalue weighted by atomic mass is 9.82. The van der Waals surface area contributed by atoms with Crippen LogP contribution in [0.15, 0.2) is 23.8 Å². The molecular weight excluding hydrogens is 213 g/mol. The number of hydrogen-bond acceptors (Lipinski definition) is 0. The van der Waals surface area contributed by atoms with Crippen LogP contribution in [0, 0.1) is 17.5 Å². The molecule has 0 aromatic heterocycles. The van der Waals surface area contributed by atoms with Crippen molar-refractivity contribution in [3.63, 3.8) is 0 Å². The molecule has 0 bridgehead atoms. The molecular formula is C13H13F3. The minimum Gasteiger partial charge on any atom is -0.204 e. The van der Waals surface area contributed by atoms with E-state index in [4.69, 9.17) is 0 Å². The predicted molar refractivity (Wildman–Crippen MR) is 56.7 cm³/mol.